The second-order valence-electron chi connectivity index (χ2n) is 6.07. The standard InChI is InChI=1S/C15H21N3O2/c1-9-6-11(7-10(2)13(9)19)14-17-12(20-18-14)8-16-15(3,4)5/h6-7,16,19H,8H2,1-5H3. The van der Waals surface area contributed by atoms with E-state index < -0.39 is 0 Å². The zero-order valence-corrected chi connectivity index (χ0v) is 12.6. The summed E-state index contributed by atoms with van der Waals surface area (Å²) in [5.41, 5.74) is 2.46. The average molecular weight is 275 g/mol. The van der Waals surface area contributed by atoms with Crippen LogP contribution in [0.25, 0.3) is 11.4 Å². The topological polar surface area (TPSA) is 71.2 Å². The third-order valence-corrected chi connectivity index (χ3v) is 2.99. The van der Waals surface area contributed by atoms with E-state index in [0.717, 1.165) is 16.7 Å². The van der Waals surface area contributed by atoms with Crippen molar-refractivity contribution in [3.63, 3.8) is 0 Å². The molecule has 2 N–H and O–H groups in total. The first-order valence-electron chi connectivity index (χ1n) is 6.64. The Kier molecular flexibility index (Phi) is 3.81. The van der Waals surface area contributed by atoms with Crippen molar-refractivity contribution in [2.45, 2.75) is 46.7 Å². The number of benzene rings is 1. The van der Waals surface area contributed by atoms with E-state index >= 15 is 0 Å². The van der Waals surface area contributed by atoms with Gasteiger partial charge in [-0.1, -0.05) is 5.16 Å². The Morgan fingerprint density at radius 2 is 1.80 bits per heavy atom. The van der Waals surface area contributed by atoms with Crippen LogP contribution in [0.4, 0.5) is 0 Å². The number of aromatic nitrogens is 2. The summed E-state index contributed by atoms with van der Waals surface area (Å²) in [5, 5.41) is 17.1. The van der Waals surface area contributed by atoms with E-state index in [1.807, 2.05) is 26.0 Å². The zero-order chi connectivity index (χ0) is 14.9. The van der Waals surface area contributed by atoms with Crippen molar-refractivity contribution in [3.05, 3.63) is 29.2 Å². The predicted molar refractivity (Wildman–Crippen MR) is 77.5 cm³/mol. The Hall–Kier alpha value is -1.88. The fourth-order valence-corrected chi connectivity index (χ4v) is 1.87. The van der Waals surface area contributed by atoms with Crippen LogP contribution in [-0.2, 0) is 6.54 Å². The van der Waals surface area contributed by atoms with E-state index in [9.17, 15) is 5.11 Å². The van der Waals surface area contributed by atoms with Crippen molar-refractivity contribution in [1.82, 2.24) is 15.5 Å². The molecule has 0 saturated heterocycles. The summed E-state index contributed by atoms with van der Waals surface area (Å²) in [5.74, 6) is 1.41. The van der Waals surface area contributed by atoms with Crippen molar-refractivity contribution in [1.29, 1.82) is 0 Å². The molecule has 0 aliphatic heterocycles. The molecule has 0 bridgehead atoms. The maximum absolute atomic E-state index is 9.78. The molecular formula is C15H21N3O2. The van der Waals surface area contributed by atoms with Crippen LogP contribution >= 0.6 is 0 Å². The van der Waals surface area contributed by atoms with Crippen LogP contribution in [0.2, 0.25) is 0 Å². The average Bonchev–Trinajstić information content (AvgIpc) is 2.81. The first kappa shape index (κ1) is 14.5. The Labute approximate surface area is 119 Å². The Morgan fingerprint density at radius 1 is 1.20 bits per heavy atom. The molecule has 0 unspecified atom stereocenters. The van der Waals surface area contributed by atoms with Crippen LogP contribution in [0.3, 0.4) is 0 Å². The Balaban J connectivity index is 2.21. The van der Waals surface area contributed by atoms with Crippen molar-refractivity contribution in [2.75, 3.05) is 0 Å². The lowest BCUT2D eigenvalue weighted by Crippen LogP contribution is -2.35. The molecule has 2 aromatic rings. The summed E-state index contributed by atoms with van der Waals surface area (Å²) in [6.07, 6.45) is 0. The van der Waals surface area contributed by atoms with Crippen molar-refractivity contribution < 1.29 is 9.63 Å². The molecule has 0 aliphatic rings. The smallest absolute Gasteiger partial charge is 0.240 e. The number of hydrogen-bond acceptors (Lipinski definition) is 5. The third kappa shape index (κ3) is 3.36. The highest BCUT2D eigenvalue weighted by atomic mass is 16.5. The molecule has 1 aromatic carbocycles. The van der Waals surface area contributed by atoms with Gasteiger partial charge < -0.3 is 14.9 Å². The minimum atomic E-state index is 0.000344. The summed E-state index contributed by atoms with van der Waals surface area (Å²) in [4.78, 5) is 4.37. The summed E-state index contributed by atoms with van der Waals surface area (Å²) in [7, 11) is 0. The number of rotatable bonds is 3. The molecule has 0 spiro atoms. The van der Waals surface area contributed by atoms with Gasteiger partial charge in [0.25, 0.3) is 0 Å². The number of phenolic OH excluding ortho intramolecular Hbond substituents is 1. The Bertz CT molecular complexity index is 589. The molecule has 0 amide bonds. The van der Waals surface area contributed by atoms with Crippen LogP contribution in [0, 0.1) is 13.8 Å². The van der Waals surface area contributed by atoms with Crippen molar-refractivity contribution >= 4 is 0 Å². The number of aromatic hydroxyl groups is 1. The number of aryl methyl sites for hydroxylation is 2. The van der Waals surface area contributed by atoms with E-state index in [4.69, 9.17) is 4.52 Å². The fourth-order valence-electron chi connectivity index (χ4n) is 1.87. The van der Waals surface area contributed by atoms with E-state index in [2.05, 4.69) is 36.2 Å². The summed E-state index contributed by atoms with van der Waals surface area (Å²) < 4.78 is 5.24. The van der Waals surface area contributed by atoms with Gasteiger partial charge in [0.1, 0.15) is 5.75 Å². The summed E-state index contributed by atoms with van der Waals surface area (Å²) in [6.45, 7) is 10.5. The van der Waals surface area contributed by atoms with E-state index in [1.54, 1.807) is 0 Å². The van der Waals surface area contributed by atoms with Gasteiger partial charge in [0.15, 0.2) is 0 Å². The minimum absolute atomic E-state index is 0.000344. The second kappa shape index (κ2) is 5.25. The maximum Gasteiger partial charge on any atom is 0.240 e. The molecule has 0 saturated carbocycles. The molecule has 5 heteroatoms. The van der Waals surface area contributed by atoms with Gasteiger partial charge in [-0.05, 0) is 57.9 Å². The fraction of sp³-hybridized carbons (Fsp3) is 0.467. The van der Waals surface area contributed by atoms with E-state index in [1.165, 1.54) is 0 Å². The third-order valence-electron chi connectivity index (χ3n) is 2.99. The van der Waals surface area contributed by atoms with E-state index in [-0.39, 0.29) is 5.54 Å². The first-order chi connectivity index (χ1) is 9.26. The van der Waals surface area contributed by atoms with Gasteiger partial charge in [-0.3, -0.25) is 0 Å². The normalized spacial score (nSPS) is 11.8. The maximum atomic E-state index is 9.78. The van der Waals surface area contributed by atoms with Crippen molar-refractivity contribution in [2.24, 2.45) is 0 Å². The molecule has 2 rings (SSSR count). The quantitative estimate of drug-likeness (QED) is 0.901. The number of nitrogens with zero attached hydrogens (tertiary/aromatic N) is 2. The number of phenols is 1. The lowest BCUT2D eigenvalue weighted by molar-refractivity contribution is 0.336. The van der Waals surface area contributed by atoms with Gasteiger partial charge >= 0.3 is 0 Å². The highest BCUT2D eigenvalue weighted by molar-refractivity contribution is 5.60. The lowest BCUT2D eigenvalue weighted by Gasteiger charge is -2.18. The minimum Gasteiger partial charge on any atom is -0.507 e. The second-order valence-corrected chi connectivity index (χ2v) is 6.07. The molecular weight excluding hydrogens is 254 g/mol. The van der Waals surface area contributed by atoms with Crippen LogP contribution in [0.1, 0.15) is 37.8 Å². The molecule has 0 fully saturated rings. The van der Waals surface area contributed by atoms with Crippen LogP contribution in [0.5, 0.6) is 5.75 Å². The number of nitrogens with one attached hydrogen (secondary N) is 1. The van der Waals surface area contributed by atoms with Gasteiger partial charge in [0, 0.05) is 11.1 Å². The molecule has 20 heavy (non-hydrogen) atoms. The van der Waals surface area contributed by atoms with Crippen LogP contribution in [-0.4, -0.2) is 20.8 Å². The molecule has 0 atom stereocenters. The van der Waals surface area contributed by atoms with Crippen LogP contribution < -0.4 is 5.32 Å². The van der Waals surface area contributed by atoms with Gasteiger partial charge in [0.05, 0.1) is 6.54 Å². The zero-order valence-electron chi connectivity index (χ0n) is 12.6. The Morgan fingerprint density at radius 3 is 2.35 bits per heavy atom. The van der Waals surface area contributed by atoms with Gasteiger partial charge in [-0.15, -0.1) is 0 Å². The monoisotopic (exact) mass is 275 g/mol. The van der Waals surface area contributed by atoms with Gasteiger partial charge in [-0.2, -0.15) is 4.98 Å². The first-order valence-corrected chi connectivity index (χ1v) is 6.64. The molecule has 1 aromatic heterocycles. The summed E-state index contributed by atoms with van der Waals surface area (Å²) >= 11 is 0. The molecule has 1 heterocycles. The summed E-state index contributed by atoms with van der Waals surface area (Å²) in [6, 6.07) is 3.71. The number of hydrogen-bond donors (Lipinski definition) is 2. The lowest BCUT2D eigenvalue weighted by atomic mass is 10.1. The molecule has 0 aliphatic carbocycles. The van der Waals surface area contributed by atoms with E-state index in [0.29, 0.717) is 24.0 Å². The van der Waals surface area contributed by atoms with Gasteiger partial charge in [0.2, 0.25) is 11.7 Å². The van der Waals surface area contributed by atoms with Crippen molar-refractivity contribution in [3.8, 4) is 17.1 Å². The predicted octanol–water partition coefficient (Wildman–Crippen LogP) is 2.95. The van der Waals surface area contributed by atoms with Gasteiger partial charge in [-0.25, -0.2) is 0 Å². The molecule has 5 nitrogen and oxygen atoms in total. The highest BCUT2D eigenvalue weighted by Gasteiger charge is 2.14. The van der Waals surface area contributed by atoms with Crippen LogP contribution in [0.15, 0.2) is 16.7 Å². The molecule has 108 valence electrons. The SMILES string of the molecule is Cc1cc(-c2noc(CNC(C)(C)C)n2)cc(C)c1O. The largest absolute Gasteiger partial charge is 0.507 e. The highest BCUT2D eigenvalue weighted by Crippen LogP contribution is 2.27. The molecule has 0 radical (unpaired) electrons.